The zero-order valence-corrected chi connectivity index (χ0v) is 22.7. The second kappa shape index (κ2) is 18.8. The molecule has 1 aromatic rings. The normalized spacial score (nSPS) is 12.1. The summed E-state index contributed by atoms with van der Waals surface area (Å²) in [7, 11) is 0. The monoisotopic (exact) mass is 463 g/mol. The van der Waals surface area contributed by atoms with Crippen molar-refractivity contribution in [3.05, 3.63) is 35.4 Å². The van der Waals surface area contributed by atoms with Crippen molar-refractivity contribution in [2.45, 2.75) is 135 Å². The molecule has 0 aliphatic rings. The van der Waals surface area contributed by atoms with Crippen LogP contribution >= 0.6 is 11.6 Å². The highest BCUT2D eigenvalue weighted by Gasteiger charge is 2.19. The van der Waals surface area contributed by atoms with Crippen LogP contribution in [0.15, 0.2) is 24.3 Å². The molecule has 0 fully saturated rings. The van der Waals surface area contributed by atoms with Gasteiger partial charge in [-0.2, -0.15) is 0 Å². The predicted molar refractivity (Wildman–Crippen MR) is 146 cm³/mol. The second-order valence-electron chi connectivity index (χ2n) is 10.8. The Morgan fingerprint density at radius 2 is 1.16 bits per heavy atom. The number of rotatable bonds is 21. The van der Waals surface area contributed by atoms with Gasteiger partial charge in [0.25, 0.3) is 0 Å². The fourth-order valence-electron chi connectivity index (χ4n) is 4.59. The van der Waals surface area contributed by atoms with Gasteiger partial charge in [-0.25, -0.2) is 0 Å². The molecule has 1 nitrogen and oxygen atoms in total. The molecule has 0 aliphatic carbocycles. The molecule has 2 heteroatoms. The molecule has 0 atom stereocenters. The van der Waals surface area contributed by atoms with Crippen molar-refractivity contribution in [3.8, 4) is 0 Å². The molecule has 0 bridgehead atoms. The van der Waals surface area contributed by atoms with Gasteiger partial charge in [-0.3, -0.25) is 0 Å². The summed E-state index contributed by atoms with van der Waals surface area (Å²) >= 11 is 6.54. The molecule has 1 N–H and O–H groups in total. The van der Waals surface area contributed by atoms with Crippen molar-refractivity contribution >= 4 is 11.6 Å². The van der Waals surface area contributed by atoms with Gasteiger partial charge in [0.2, 0.25) is 0 Å². The lowest BCUT2D eigenvalue weighted by Gasteiger charge is -2.20. The van der Waals surface area contributed by atoms with Crippen molar-refractivity contribution in [2.75, 3.05) is 13.1 Å². The summed E-state index contributed by atoms with van der Waals surface area (Å²) < 4.78 is 0. The molecule has 0 saturated heterocycles. The Balaban J connectivity index is 1.83. The molecule has 0 radical (unpaired) electrons. The number of nitrogens with one attached hydrogen (secondary N) is 1. The topological polar surface area (TPSA) is 12.0 Å². The Morgan fingerprint density at radius 3 is 1.69 bits per heavy atom. The van der Waals surface area contributed by atoms with Crippen LogP contribution in [-0.2, 0) is 11.3 Å². The molecular formula is C30H54ClN. The Kier molecular flexibility index (Phi) is 17.4. The molecule has 0 unspecified atom stereocenters. The summed E-state index contributed by atoms with van der Waals surface area (Å²) in [6, 6.07) is 8.63. The summed E-state index contributed by atoms with van der Waals surface area (Å²) in [6.45, 7) is 11.1. The van der Waals surface area contributed by atoms with E-state index < -0.39 is 0 Å². The van der Waals surface area contributed by atoms with Gasteiger partial charge in [0, 0.05) is 0 Å². The molecule has 0 heterocycles. The van der Waals surface area contributed by atoms with E-state index in [-0.39, 0.29) is 4.87 Å². The van der Waals surface area contributed by atoms with Crippen LogP contribution in [0.4, 0.5) is 0 Å². The molecular weight excluding hydrogens is 410 g/mol. The van der Waals surface area contributed by atoms with Crippen molar-refractivity contribution in [1.29, 1.82) is 0 Å². The molecule has 1 rings (SSSR count). The van der Waals surface area contributed by atoms with E-state index in [1.807, 2.05) is 0 Å². The third-order valence-electron chi connectivity index (χ3n) is 6.59. The van der Waals surface area contributed by atoms with Gasteiger partial charge in [-0.1, -0.05) is 122 Å². The molecule has 1 aromatic carbocycles. The van der Waals surface area contributed by atoms with Gasteiger partial charge in [0.15, 0.2) is 0 Å². The highest BCUT2D eigenvalue weighted by atomic mass is 35.5. The smallest absolute Gasteiger partial charge is 0.0641 e. The van der Waals surface area contributed by atoms with Crippen molar-refractivity contribution in [3.63, 3.8) is 0 Å². The van der Waals surface area contributed by atoms with E-state index in [1.54, 1.807) is 0 Å². The fraction of sp³-hybridized carbons (Fsp3) is 0.800. The van der Waals surface area contributed by atoms with Crippen molar-refractivity contribution in [1.82, 2.24) is 5.32 Å². The molecule has 0 aliphatic heterocycles. The van der Waals surface area contributed by atoms with Gasteiger partial charge in [-0.15, -0.1) is 11.6 Å². The van der Waals surface area contributed by atoms with Crippen molar-refractivity contribution in [2.24, 2.45) is 5.92 Å². The number of aryl methyl sites for hydroxylation is 1. The predicted octanol–water partition coefficient (Wildman–Crippen LogP) is 9.80. The van der Waals surface area contributed by atoms with E-state index >= 15 is 0 Å². The third kappa shape index (κ3) is 16.1. The molecule has 186 valence electrons. The number of unbranched alkanes of at least 4 members (excludes halogenated alkanes) is 12. The van der Waals surface area contributed by atoms with E-state index in [1.165, 1.54) is 114 Å². The van der Waals surface area contributed by atoms with E-state index in [4.69, 9.17) is 11.6 Å². The van der Waals surface area contributed by atoms with Gasteiger partial charge in [0.05, 0.1) is 4.87 Å². The minimum Gasteiger partial charge on any atom is -0.317 e. The molecule has 32 heavy (non-hydrogen) atoms. The fourth-order valence-corrected chi connectivity index (χ4v) is 4.78. The first-order chi connectivity index (χ1) is 15.4. The molecule has 0 spiro atoms. The second-order valence-corrected chi connectivity index (χ2v) is 11.7. The Labute approximate surface area is 206 Å². The van der Waals surface area contributed by atoms with Gasteiger partial charge >= 0.3 is 0 Å². The van der Waals surface area contributed by atoms with Crippen LogP contribution in [0.2, 0.25) is 0 Å². The van der Waals surface area contributed by atoms with Gasteiger partial charge < -0.3 is 5.32 Å². The average Bonchev–Trinajstić information content (AvgIpc) is 2.74. The highest BCUT2D eigenvalue weighted by Crippen LogP contribution is 2.30. The first-order valence-electron chi connectivity index (χ1n) is 13.9. The zero-order chi connectivity index (χ0) is 23.5. The minimum atomic E-state index is -0.281. The number of benzene rings is 1. The van der Waals surface area contributed by atoms with Crippen LogP contribution < -0.4 is 5.32 Å². The largest absolute Gasteiger partial charge is 0.317 e. The summed E-state index contributed by atoms with van der Waals surface area (Å²) in [4.78, 5) is -0.281. The number of halogens is 1. The summed E-state index contributed by atoms with van der Waals surface area (Å²) in [6.07, 6.45) is 22.3. The summed E-state index contributed by atoms with van der Waals surface area (Å²) in [5.74, 6) is 0.884. The maximum absolute atomic E-state index is 6.54. The molecule has 0 amide bonds. The Morgan fingerprint density at radius 1 is 0.688 bits per heavy atom. The maximum Gasteiger partial charge on any atom is 0.0641 e. The summed E-state index contributed by atoms with van der Waals surface area (Å²) in [5, 5.41) is 3.63. The maximum atomic E-state index is 6.54. The third-order valence-corrected chi connectivity index (χ3v) is 6.80. The SMILES string of the molecule is CC(C)CCCCCCCCCCCCCCCNCCCc1ccccc1C(C)(C)Cl. The van der Waals surface area contributed by atoms with E-state index in [2.05, 4.69) is 57.3 Å². The van der Waals surface area contributed by atoms with Crippen LogP contribution in [0.3, 0.4) is 0 Å². The van der Waals surface area contributed by atoms with Crippen LogP contribution in [0.1, 0.15) is 135 Å². The minimum absolute atomic E-state index is 0.281. The van der Waals surface area contributed by atoms with E-state index in [0.717, 1.165) is 18.9 Å². The van der Waals surface area contributed by atoms with Gasteiger partial charge in [0.1, 0.15) is 0 Å². The number of hydrogen-bond acceptors (Lipinski definition) is 1. The number of alkyl halides is 1. The molecule has 0 aromatic heterocycles. The van der Waals surface area contributed by atoms with Crippen LogP contribution in [0.5, 0.6) is 0 Å². The van der Waals surface area contributed by atoms with Crippen LogP contribution in [0.25, 0.3) is 0 Å². The van der Waals surface area contributed by atoms with E-state index in [0.29, 0.717) is 0 Å². The lowest BCUT2D eigenvalue weighted by atomic mass is 9.94. The Bertz CT molecular complexity index is 546. The average molecular weight is 464 g/mol. The van der Waals surface area contributed by atoms with Crippen LogP contribution in [-0.4, -0.2) is 13.1 Å². The highest BCUT2D eigenvalue weighted by molar-refractivity contribution is 6.23. The van der Waals surface area contributed by atoms with Crippen LogP contribution in [0, 0.1) is 5.92 Å². The Hall–Kier alpha value is -0.530. The summed E-state index contributed by atoms with van der Waals surface area (Å²) in [5.41, 5.74) is 2.68. The lowest BCUT2D eigenvalue weighted by molar-refractivity contribution is 0.502. The van der Waals surface area contributed by atoms with Crippen molar-refractivity contribution < 1.29 is 0 Å². The quantitative estimate of drug-likeness (QED) is 0.141. The number of hydrogen-bond donors (Lipinski definition) is 1. The zero-order valence-electron chi connectivity index (χ0n) is 22.0. The first-order valence-corrected chi connectivity index (χ1v) is 14.3. The van der Waals surface area contributed by atoms with E-state index in [9.17, 15) is 0 Å². The van der Waals surface area contributed by atoms with Gasteiger partial charge in [-0.05, 0) is 63.2 Å². The standard InChI is InChI=1S/C30H54ClN/c1-27(2)21-16-14-12-10-8-6-5-7-9-11-13-15-19-25-32-26-20-23-28-22-17-18-24-29(28)30(3,4)31/h17-18,22,24,27,32H,5-16,19-21,23,25-26H2,1-4H3. The lowest BCUT2D eigenvalue weighted by Crippen LogP contribution is -2.18. The first kappa shape index (κ1) is 29.5. The molecule has 0 saturated carbocycles.